The maximum Gasteiger partial charge on any atom is 0.338 e. The molecule has 0 aliphatic rings. The van der Waals surface area contributed by atoms with Gasteiger partial charge in [-0.2, -0.15) is 4.98 Å². The van der Waals surface area contributed by atoms with Gasteiger partial charge in [0.15, 0.2) is 0 Å². The van der Waals surface area contributed by atoms with Crippen molar-refractivity contribution >= 4 is 5.97 Å². The average molecular weight is 246 g/mol. The number of hydrogen-bond donors (Lipinski definition) is 0. The molecular formula is C13H14N2O3. The summed E-state index contributed by atoms with van der Waals surface area (Å²) < 4.78 is 9.98. The zero-order chi connectivity index (χ0) is 13.0. The Kier molecular flexibility index (Phi) is 3.72. The van der Waals surface area contributed by atoms with Gasteiger partial charge in [0, 0.05) is 12.0 Å². The lowest BCUT2D eigenvalue weighted by Crippen LogP contribution is -2.04. The molecule has 0 bridgehead atoms. The lowest BCUT2D eigenvalue weighted by molar-refractivity contribution is 0.0526. The van der Waals surface area contributed by atoms with Gasteiger partial charge in [0.2, 0.25) is 11.7 Å². The first-order valence-corrected chi connectivity index (χ1v) is 5.84. The Morgan fingerprint density at radius 1 is 1.39 bits per heavy atom. The third-order valence-corrected chi connectivity index (χ3v) is 2.40. The first-order chi connectivity index (χ1) is 8.74. The van der Waals surface area contributed by atoms with Crippen molar-refractivity contribution in [3.8, 4) is 11.4 Å². The highest BCUT2D eigenvalue weighted by atomic mass is 16.5. The lowest BCUT2D eigenvalue weighted by atomic mass is 10.1. The number of carbonyl (C=O) groups excluding carboxylic acids is 1. The number of rotatable bonds is 4. The van der Waals surface area contributed by atoms with Crippen LogP contribution in [-0.2, 0) is 11.2 Å². The summed E-state index contributed by atoms with van der Waals surface area (Å²) in [5.41, 5.74) is 1.22. The molecule has 1 heterocycles. The van der Waals surface area contributed by atoms with Crippen LogP contribution < -0.4 is 0 Å². The van der Waals surface area contributed by atoms with Gasteiger partial charge in [-0.05, 0) is 19.1 Å². The first kappa shape index (κ1) is 12.3. The van der Waals surface area contributed by atoms with Gasteiger partial charge in [-0.3, -0.25) is 0 Å². The zero-order valence-corrected chi connectivity index (χ0v) is 10.3. The maximum absolute atomic E-state index is 11.6. The van der Waals surface area contributed by atoms with Gasteiger partial charge in [0.05, 0.1) is 12.2 Å². The Morgan fingerprint density at radius 3 is 2.89 bits per heavy atom. The normalized spacial score (nSPS) is 10.3. The molecule has 1 aromatic carbocycles. The number of nitrogens with zero attached hydrogens (tertiary/aromatic N) is 2. The molecule has 0 aliphatic carbocycles. The van der Waals surface area contributed by atoms with E-state index in [-0.39, 0.29) is 5.97 Å². The second-order valence-corrected chi connectivity index (χ2v) is 3.67. The van der Waals surface area contributed by atoms with E-state index in [9.17, 15) is 4.79 Å². The lowest BCUT2D eigenvalue weighted by Gasteiger charge is -2.02. The summed E-state index contributed by atoms with van der Waals surface area (Å²) in [5.74, 6) is 0.711. The fourth-order valence-electron chi connectivity index (χ4n) is 1.52. The van der Waals surface area contributed by atoms with Crippen LogP contribution in [0.4, 0.5) is 0 Å². The van der Waals surface area contributed by atoms with E-state index in [1.54, 1.807) is 25.1 Å². The highest BCUT2D eigenvalue weighted by Crippen LogP contribution is 2.18. The van der Waals surface area contributed by atoms with E-state index in [4.69, 9.17) is 9.26 Å². The average Bonchev–Trinajstić information content (AvgIpc) is 2.88. The predicted molar refractivity (Wildman–Crippen MR) is 65.1 cm³/mol. The van der Waals surface area contributed by atoms with Crippen molar-refractivity contribution in [2.45, 2.75) is 20.3 Å². The number of hydrogen-bond acceptors (Lipinski definition) is 5. The molecule has 2 rings (SSSR count). The fourth-order valence-corrected chi connectivity index (χ4v) is 1.52. The number of aromatic nitrogens is 2. The molecule has 2 aromatic rings. The third-order valence-electron chi connectivity index (χ3n) is 2.40. The molecule has 0 spiro atoms. The maximum atomic E-state index is 11.6. The van der Waals surface area contributed by atoms with Crippen LogP contribution in [0.25, 0.3) is 11.4 Å². The molecule has 0 aliphatic heterocycles. The minimum absolute atomic E-state index is 0.349. The molecule has 18 heavy (non-hydrogen) atoms. The van der Waals surface area contributed by atoms with Crippen LogP contribution in [0, 0.1) is 0 Å². The molecule has 5 nitrogen and oxygen atoms in total. The molecule has 0 saturated carbocycles. The van der Waals surface area contributed by atoms with Gasteiger partial charge in [-0.1, -0.05) is 24.2 Å². The van der Waals surface area contributed by atoms with E-state index in [0.29, 0.717) is 30.3 Å². The summed E-state index contributed by atoms with van der Waals surface area (Å²) in [6, 6.07) is 6.99. The summed E-state index contributed by atoms with van der Waals surface area (Å²) in [6.45, 7) is 4.06. The summed E-state index contributed by atoms with van der Waals surface area (Å²) in [5, 5.41) is 3.87. The molecule has 0 atom stereocenters. The number of carbonyl (C=O) groups is 1. The molecule has 0 unspecified atom stereocenters. The van der Waals surface area contributed by atoms with Gasteiger partial charge in [0.1, 0.15) is 0 Å². The van der Waals surface area contributed by atoms with Crippen LogP contribution in [-0.4, -0.2) is 22.7 Å². The number of benzene rings is 1. The molecular weight excluding hydrogens is 232 g/mol. The quantitative estimate of drug-likeness (QED) is 0.775. The summed E-state index contributed by atoms with van der Waals surface area (Å²) in [6.07, 6.45) is 0.685. The Bertz CT molecular complexity index is 549. The highest BCUT2D eigenvalue weighted by Gasteiger charge is 2.11. The van der Waals surface area contributed by atoms with Gasteiger partial charge < -0.3 is 9.26 Å². The van der Waals surface area contributed by atoms with Crippen molar-refractivity contribution in [1.82, 2.24) is 10.1 Å². The molecule has 5 heteroatoms. The van der Waals surface area contributed by atoms with Gasteiger partial charge in [-0.25, -0.2) is 4.79 Å². The van der Waals surface area contributed by atoms with Crippen molar-refractivity contribution < 1.29 is 14.1 Å². The topological polar surface area (TPSA) is 65.2 Å². The van der Waals surface area contributed by atoms with E-state index in [0.717, 1.165) is 5.56 Å². The minimum atomic E-state index is -0.349. The van der Waals surface area contributed by atoms with E-state index >= 15 is 0 Å². The molecule has 1 aromatic heterocycles. The fraction of sp³-hybridized carbons (Fsp3) is 0.308. The molecule has 0 amide bonds. The minimum Gasteiger partial charge on any atom is -0.462 e. The smallest absolute Gasteiger partial charge is 0.338 e. The second kappa shape index (κ2) is 5.44. The van der Waals surface area contributed by atoms with E-state index in [1.165, 1.54) is 0 Å². The standard InChI is InChI=1S/C13H14N2O3/c1-3-11-14-12(15-18-11)9-6-5-7-10(8-9)13(16)17-4-2/h5-8H,3-4H2,1-2H3. The molecule has 0 saturated heterocycles. The number of aryl methyl sites for hydroxylation is 1. The van der Waals surface area contributed by atoms with E-state index < -0.39 is 0 Å². The SMILES string of the molecule is CCOC(=O)c1cccc(-c2noc(CC)n2)c1. The summed E-state index contributed by atoms with van der Waals surface area (Å²) in [7, 11) is 0. The first-order valence-electron chi connectivity index (χ1n) is 5.84. The van der Waals surface area contributed by atoms with Crippen molar-refractivity contribution in [1.29, 1.82) is 0 Å². The summed E-state index contributed by atoms with van der Waals surface area (Å²) >= 11 is 0. The monoisotopic (exact) mass is 246 g/mol. The molecule has 0 N–H and O–H groups in total. The summed E-state index contributed by atoms with van der Waals surface area (Å²) in [4.78, 5) is 15.8. The second-order valence-electron chi connectivity index (χ2n) is 3.67. The van der Waals surface area contributed by atoms with Crippen LogP contribution >= 0.6 is 0 Å². The van der Waals surface area contributed by atoms with Gasteiger partial charge >= 0.3 is 5.97 Å². The van der Waals surface area contributed by atoms with E-state index in [2.05, 4.69) is 10.1 Å². The van der Waals surface area contributed by atoms with Gasteiger partial charge in [0.25, 0.3) is 0 Å². The number of esters is 1. The Morgan fingerprint density at radius 2 is 2.22 bits per heavy atom. The van der Waals surface area contributed by atoms with Crippen molar-refractivity contribution in [3.63, 3.8) is 0 Å². The Hall–Kier alpha value is -2.17. The Labute approximate surface area is 105 Å². The third kappa shape index (κ3) is 2.56. The van der Waals surface area contributed by atoms with Crippen LogP contribution in [0.2, 0.25) is 0 Å². The zero-order valence-electron chi connectivity index (χ0n) is 10.3. The van der Waals surface area contributed by atoms with Crippen LogP contribution in [0.1, 0.15) is 30.1 Å². The van der Waals surface area contributed by atoms with Gasteiger partial charge in [-0.15, -0.1) is 0 Å². The van der Waals surface area contributed by atoms with Crippen LogP contribution in [0.5, 0.6) is 0 Å². The molecule has 0 fully saturated rings. The number of ether oxygens (including phenoxy) is 1. The molecule has 0 radical (unpaired) electrons. The van der Waals surface area contributed by atoms with Crippen molar-refractivity contribution in [3.05, 3.63) is 35.7 Å². The van der Waals surface area contributed by atoms with E-state index in [1.807, 2.05) is 13.0 Å². The predicted octanol–water partition coefficient (Wildman–Crippen LogP) is 2.48. The molecule has 94 valence electrons. The highest BCUT2D eigenvalue weighted by molar-refractivity contribution is 5.90. The van der Waals surface area contributed by atoms with Crippen molar-refractivity contribution in [2.24, 2.45) is 0 Å². The Balaban J connectivity index is 2.29. The van der Waals surface area contributed by atoms with Crippen molar-refractivity contribution in [2.75, 3.05) is 6.61 Å². The van der Waals surface area contributed by atoms with Crippen LogP contribution in [0.15, 0.2) is 28.8 Å². The van der Waals surface area contributed by atoms with Crippen LogP contribution in [0.3, 0.4) is 0 Å². The largest absolute Gasteiger partial charge is 0.462 e.